The summed E-state index contributed by atoms with van der Waals surface area (Å²) in [6.07, 6.45) is 2.53. The van der Waals surface area contributed by atoms with E-state index in [2.05, 4.69) is 5.10 Å². The summed E-state index contributed by atoms with van der Waals surface area (Å²) in [5, 5.41) is 4.08. The summed E-state index contributed by atoms with van der Waals surface area (Å²) in [4.78, 5) is 12.2. The van der Waals surface area contributed by atoms with Crippen LogP contribution in [0.25, 0.3) is 0 Å². The Labute approximate surface area is 153 Å². The third-order valence-corrected chi connectivity index (χ3v) is 4.16. The summed E-state index contributed by atoms with van der Waals surface area (Å²) in [5.74, 6) is -3.38. The molecule has 0 spiro atoms. The van der Waals surface area contributed by atoms with Crippen LogP contribution >= 0.6 is 11.6 Å². The van der Waals surface area contributed by atoms with Crippen LogP contribution in [-0.2, 0) is 9.47 Å². The molecule has 3 rings (SSSR count). The van der Waals surface area contributed by atoms with Gasteiger partial charge in [0.25, 0.3) is 0 Å². The molecule has 1 aromatic heterocycles. The first-order valence-electron chi connectivity index (χ1n) is 8.16. The van der Waals surface area contributed by atoms with Gasteiger partial charge in [0.1, 0.15) is 5.56 Å². The molecule has 0 radical (unpaired) electrons. The van der Waals surface area contributed by atoms with E-state index in [0.717, 1.165) is 12.1 Å². The fraction of sp³-hybridized carbons (Fsp3) is 0.412. The molecule has 2 heterocycles. The number of carbonyl (C=O) groups excluding carboxylic acids is 1. The van der Waals surface area contributed by atoms with Gasteiger partial charge in [0.2, 0.25) is 11.6 Å². The first kappa shape index (κ1) is 18.6. The fourth-order valence-electron chi connectivity index (χ4n) is 2.71. The van der Waals surface area contributed by atoms with Gasteiger partial charge in [-0.15, -0.1) is 0 Å². The number of nitrogens with zero attached hydrogens (tertiary/aromatic N) is 2. The molecule has 2 aromatic rings. The summed E-state index contributed by atoms with van der Waals surface area (Å²) in [7, 11) is 0. The maximum Gasteiger partial charge on any atom is 0.345 e. The van der Waals surface area contributed by atoms with Gasteiger partial charge >= 0.3 is 5.97 Å². The lowest BCUT2D eigenvalue weighted by molar-refractivity contribution is 0.0520. The van der Waals surface area contributed by atoms with Crippen LogP contribution in [0, 0.1) is 11.6 Å². The zero-order valence-electron chi connectivity index (χ0n) is 14.0. The smallest absolute Gasteiger partial charge is 0.345 e. The second-order valence-electron chi connectivity index (χ2n) is 5.67. The number of hydrogen-bond acceptors (Lipinski definition) is 5. The first-order chi connectivity index (χ1) is 12.5. The highest BCUT2D eigenvalue weighted by Crippen LogP contribution is 2.35. The average molecular weight is 387 g/mol. The molecule has 0 N–H and O–H groups in total. The van der Waals surface area contributed by atoms with Crippen LogP contribution in [0.1, 0.15) is 36.2 Å². The summed E-state index contributed by atoms with van der Waals surface area (Å²) >= 11 is 5.64. The SMILES string of the molecule is CCOC(=O)c1cnn(C2CCOCC2)c1Oc1c(F)cc(Cl)cc1F. The summed E-state index contributed by atoms with van der Waals surface area (Å²) in [6, 6.07) is 1.73. The van der Waals surface area contributed by atoms with Gasteiger partial charge in [-0.05, 0) is 31.9 Å². The number of benzene rings is 1. The Bertz CT molecular complexity index is 783. The quantitative estimate of drug-likeness (QED) is 0.723. The summed E-state index contributed by atoms with van der Waals surface area (Å²) < 4.78 is 45.5. The highest BCUT2D eigenvalue weighted by atomic mass is 35.5. The maximum absolute atomic E-state index is 14.1. The highest BCUT2D eigenvalue weighted by Gasteiger charge is 2.28. The standard InChI is InChI=1S/C17H17ClF2N2O4/c1-2-25-17(23)12-9-21-22(11-3-5-24-6-4-11)16(12)26-15-13(19)7-10(18)8-14(15)20/h7-9,11H,2-6H2,1H3. The fourth-order valence-corrected chi connectivity index (χ4v) is 2.91. The van der Waals surface area contributed by atoms with Crippen molar-refractivity contribution in [3.63, 3.8) is 0 Å². The molecule has 1 aliphatic heterocycles. The topological polar surface area (TPSA) is 62.6 Å². The minimum Gasteiger partial charge on any atom is -0.462 e. The molecule has 1 saturated heterocycles. The van der Waals surface area contributed by atoms with Crippen molar-refractivity contribution in [2.24, 2.45) is 0 Å². The molecule has 0 amide bonds. The van der Waals surface area contributed by atoms with E-state index in [1.807, 2.05) is 0 Å². The van der Waals surface area contributed by atoms with Gasteiger partial charge < -0.3 is 14.2 Å². The number of ether oxygens (including phenoxy) is 3. The Morgan fingerprint density at radius 3 is 2.62 bits per heavy atom. The number of halogens is 3. The van der Waals surface area contributed by atoms with Gasteiger partial charge in [-0.1, -0.05) is 11.6 Å². The van der Waals surface area contributed by atoms with Gasteiger partial charge in [0.15, 0.2) is 11.6 Å². The second-order valence-corrected chi connectivity index (χ2v) is 6.11. The molecule has 1 aliphatic rings. The average Bonchev–Trinajstić information content (AvgIpc) is 3.02. The lowest BCUT2D eigenvalue weighted by Crippen LogP contribution is -2.21. The highest BCUT2D eigenvalue weighted by molar-refractivity contribution is 6.30. The Kier molecular flexibility index (Phi) is 5.73. The molecule has 0 unspecified atom stereocenters. The zero-order valence-corrected chi connectivity index (χ0v) is 14.8. The van der Waals surface area contributed by atoms with Crippen LogP contribution in [0.15, 0.2) is 18.3 Å². The van der Waals surface area contributed by atoms with Crippen molar-refractivity contribution in [3.05, 3.63) is 40.6 Å². The molecule has 1 aromatic carbocycles. The van der Waals surface area contributed by atoms with Gasteiger partial charge in [-0.2, -0.15) is 5.10 Å². The monoisotopic (exact) mass is 386 g/mol. The van der Waals surface area contributed by atoms with E-state index in [1.54, 1.807) is 6.92 Å². The van der Waals surface area contributed by atoms with Crippen molar-refractivity contribution >= 4 is 17.6 Å². The minimum absolute atomic E-state index is 0.00732. The molecule has 0 aliphatic carbocycles. The molecule has 0 bridgehead atoms. The van der Waals surface area contributed by atoms with Gasteiger partial charge in [-0.3, -0.25) is 0 Å². The van der Waals surface area contributed by atoms with E-state index >= 15 is 0 Å². The van der Waals surface area contributed by atoms with Crippen molar-refractivity contribution < 1.29 is 27.8 Å². The molecule has 26 heavy (non-hydrogen) atoms. The van der Waals surface area contributed by atoms with E-state index in [4.69, 9.17) is 25.8 Å². The molecule has 6 nitrogen and oxygen atoms in total. The molecule has 9 heteroatoms. The third-order valence-electron chi connectivity index (χ3n) is 3.94. The predicted octanol–water partition coefficient (Wildman–Crippen LogP) is 4.14. The van der Waals surface area contributed by atoms with Crippen molar-refractivity contribution in [1.82, 2.24) is 9.78 Å². The zero-order chi connectivity index (χ0) is 18.7. The Morgan fingerprint density at radius 1 is 1.35 bits per heavy atom. The van der Waals surface area contributed by atoms with Crippen LogP contribution in [0.3, 0.4) is 0 Å². The number of carbonyl (C=O) groups is 1. The van der Waals surface area contributed by atoms with Crippen molar-refractivity contribution in [2.45, 2.75) is 25.8 Å². The second kappa shape index (κ2) is 8.01. The van der Waals surface area contributed by atoms with Crippen LogP contribution in [0.2, 0.25) is 5.02 Å². The maximum atomic E-state index is 14.1. The largest absolute Gasteiger partial charge is 0.462 e. The van der Waals surface area contributed by atoms with Crippen LogP contribution in [-0.4, -0.2) is 35.6 Å². The number of aromatic nitrogens is 2. The Morgan fingerprint density at radius 2 is 2.00 bits per heavy atom. The molecular formula is C17H17ClF2N2O4. The third kappa shape index (κ3) is 3.81. The van der Waals surface area contributed by atoms with Crippen LogP contribution < -0.4 is 4.74 Å². The predicted molar refractivity (Wildman–Crippen MR) is 88.7 cm³/mol. The van der Waals surface area contributed by atoms with Crippen molar-refractivity contribution in [2.75, 3.05) is 19.8 Å². The number of hydrogen-bond donors (Lipinski definition) is 0. The lowest BCUT2D eigenvalue weighted by atomic mass is 10.1. The molecule has 0 atom stereocenters. The van der Waals surface area contributed by atoms with Gasteiger partial charge in [-0.25, -0.2) is 18.3 Å². The number of esters is 1. The summed E-state index contributed by atoms with van der Waals surface area (Å²) in [5.41, 5.74) is -0.00732. The normalized spacial score (nSPS) is 15.1. The van der Waals surface area contributed by atoms with Crippen molar-refractivity contribution in [3.8, 4) is 11.6 Å². The molecule has 0 saturated carbocycles. The summed E-state index contributed by atoms with van der Waals surface area (Å²) in [6.45, 7) is 2.83. The Balaban J connectivity index is 2.02. The lowest BCUT2D eigenvalue weighted by Gasteiger charge is -2.24. The van der Waals surface area contributed by atoms with E-state index in [-0.39, 0.29) is 29.1 Å². The van der Waals surface area contributed by atoms with E-state index in [9.17, 15) is 13.6 Å². The van der Waals surface area contributed by atoms with E-state index < -0.39 is 23.4 Å². The van der Waals surface area contributed by atoms with E-state index in [1.165, 1.54) is 10.9 Å². The minimum atomic E-state index is -0.982. The number of rotatable bonds is 5. The van der Waals surface area contributed by atoms with Crippen LogP contribution in [0.5, 0.6) is 11.6 Å². The van der Waals surface area contributed by atoms with E-state index in [0.29, 0.717) is 26.1 Å². The molecule has 1 fully saturated rings. The van der Waals surface area contributed by atoms with Gasteiger partial charge in [0, 0.05) is 18.2 Å². The molecule has 140 valence electrons. The molecular weight excluding hydrogens is 370 g/mol. The van der Waals surface area contributed by atoms with Gasteiger partial charge in [0.05, 0.1) is 18.8 Å². The first-order valence-corrected chi connectivity index (χ1v) is 8.53. The van der Waals surface area contributed by atoms with Crippen LogP contribution in [0.4, 0.5) is 8.78 Å². The Hall–Kier alpha value is -2.19. The van der Waals surface area contributed by atoms with Crippen molar-refractivity contribution in [1.29, 1.82) is 0 Å².